The van der Waals surface area contributed by atoms with Crippen molar-refractivity contribution in [2.45, 2.75) is 60.0 Å². The van der Waals surface area contributed by atoms with E-state index < -0.39 is 10.0 Å². The molecule has 0 rings (SSSR count). The molecule has 0 N–H and O–H groups in total. The highest BCUT2D eigenvalue weighted by molar-refractivity contribution is 7.88. The molecule has 116 valence electrons. The van der Waals surface area contributed by atoms with Crippen LogP contribution in [0.15, 0.2) is 0 Å². The minimum absolute atomic E-state index is 0.187. The average molecular weight is 292 g/mol. The summed E-state index contributed by atoms with van der Waals surface area (Å²) in [6, 6.07) is 0.397. The average Bonchev–Trinajstić information content (AvgIpc) is 2.10. The summed E-state index contributed by atoms with van der Waals surface area (Å²) in [5.41, 5.74) is -0.189. The Morgan fingerprint density at radius 1 is 1.00 bits per heavy atom. The third-order valence-electron chi connectivity index (χ3n) is 3.72. The van der Waals surface area contributed by atoms with Gasteiger partial charge >= 0.3 is 0 Å². The molecule has 19 heavy (non-hydrogen) atoms. The maximum Gasteiger partial charge on any atom is 0.211 e. The van der Waals surface area contributed by atoms with Crippen molar-refractivity contribution in [2.75, 3.05) is 26.4 Å². The molecule has 0 aromatic heterocycles. The molecule has 0 aromatic rings. The number of nitrogens with zero attached hydrogens (tertiary/aromatic N) is 2. The van der Waals surface area contributed by atoms with E-state index in [1.165, 1.54) is 6.26 Å². The number of sulfonamides is 1. The van der Waals surface area contributed by atoms with Gasteiger partial charge in [-0.25, -0.2) is 8.42 Å². The van der Waals surface area contributed by atoms with Gasteiger partial charge in [0.25, 0.3) is 0 Å². The molecule has 0 aliphatic heterocycles. The summed E-state index contributed by atoms with van der Waals surface area (Å²) in [5, 5.41) is 0. The van der Waals surface area contributed by atoms with Gasteiger partial charge in [-0.1, -0.05) is 20.8 Å². The van der Waals surface area contributed by atoms with Crippen LogP contribution in [-0.4, -0.2) is 55.6 Å². The van der Waals surface area contributed by atoms with Crippen molar-refractivity contribution in [2.24, 2.45) is 5.41 Å². The highest BCUT2D eigenvalue weighted by atomic mass is 32.2. The zero-order valence-corrected chi connectivity index (χ0v) is 14.9. The van der Waals surface area contributed by atoms with Crippen molar-refractivity contribution in [3.05, 3.63) is 0 Å². The Hall–Kier alpha value is -0.130. The molecule has 0 amide bonds. The Morgan fingerprint density at radius 3 is 1.68 bits per heavy atom. The Kier molecular flexibility index (Phi) is 6.06. The molecule has 0 saturated heterocycles. The standard InChI is InChI=1S/C14H32N2O2S/c1-12(13(2,3)4)15(8)10-11-16(14(5,6)7)19(9,17)18/h12H,10-11H2,1-9H3. The third-order valence-corrected chi connectivity index (χ3v) is 5.25. The Morgan fingerprint density at radius 2 is 1.42 bits per heavy atom. The molecule has 0 heterocycles. The summed E-state index contributed by atoms with van der Waals surface area (Å²) in [6.07, 6.45) is 1.28. The van der Waals surface area contributed by atoms with E-state index in [2.05, 4.69) is 39.6 Å². The van der Waals surface area contributed by atoms with Gasteiger partial charge in [0, 0.05) is 24.7 Å². The molecule has 5 heteroatoms. The highest BCUT2D eigenvalue weighted by Gasteiger charge is 2.30. The molecular formula is C14H32N2O2S. The Labute approximate surface area is 120 Å². The molecule has 0 aliphatic rings. The molecule has 1 atom stereocenters. The van der Waals surface area contributed by atoms with Crippen molar-refractivity contribution >= 4 is 10.0 Å². The molecule has 1 unspecified atom stereocenters. The zero-order valence-electron chi connectivity index (χ0n) is 14.1. The lowest BCUT2D eigenvalue weighted by atomic mass is 9.87. The topological polar surface area (TPSA) is 40.6 Å². The van der Waals surface area contributed by atoms with E-state index in [-0.39, 0.29) is 11.0 Å². The van der Waals surface area contributed by atoms with E-state index in [0.717, 1.165) is 6.54 Å². The monoisotopic (exact) mass is 292 g/mol. The van der Waals surface area contributed by atoms with Crippen molar-refractivity contribution in [3.63, 3.8) is 0 Å². The Balaban J connectivity index is 4.77. The lowest BCUT2D eigenvalue weighted by Crippen LogP contribution is -2.50. The van der Waals surface area contributed by atoms with E-state index >= 15 is 0 Å². The maximum atomic E-state index is 11.9. The summed E-state index contributed by atoms with van der Waals surface area (Å²) >= 11 is 0. The van der Waals surface area contributed by atoms with Gasteiger partial charge in [0.1, 0.15) is 0 Å². The second-order valence-corrected chi connectivity index (χ2v) is 9.44. The van der Waals surface area contributed by atoms with Crippen molar-refractivity contribution < 1.29 is 8.42 Å². The first-order valence-corrected chi connectivity index (χ1v) is 8.70. The van der Waals surface area contributed by atoms with E-state index in [4.69, 9.17) is 0 Å². The van der Waals surface area contributed by atoms with Crippen LogP contribution in [0.1, 0.15) is 48.5 Å². The van der Waals surface area contributed by atoms with Gasteiger partial charge in [-0.15, -0.1) is 0 Å². The summed E-state index contributed by atoms with van der Waals surface area (Å²) in [4.78, 5) is 2.23. The number of hydrogen-bond acceptors (Lipinski definition) is 3. The molecule has 0 spiro atoms. The molecule has 0 fully saturated rings. The third kappa shape index (κ3) is 6.23. The SMILES string of the molecule is CC(N(C)CCN(C(C)(C)C)S(C)(=O)=O)C(C)(C)C. The molecule has 0 radical (unpaired) electrons. The smallest absolute Gasteiger partial charge is 0.211 e. The summed E-state index contributed by atoms with van der Waals surface area (Å²) in [6.45, 7) is 15.8. The Bertz CT molecular complexity index is 377. The summed E-state index contributed by atoms with van der Waals surface area (Å²) < 4.78 is 25.3. The van der Waals surface area contributed by atoms with Crippen LogP contribution in [-0.2, 0) is 10.0 Å². The van der Waals surface area contributed by atoms with Gasteiger partial charge in [0.05, 0.1) is 6.26 Å². The van der Waals surface area contributed by atoms with Crippen LogP contribution in [0.5, 0.6) is 0 Å². The van der Waals surface area contributed by atoms with Crippen LogP contribution in [0.25, 0.3) is 0 Å². The van der Waals surface area contributed by atoms with Crippen LogP contribution >= 0.6 is 0 Å². The number of likely N-dealkylation sites (N-methyl/N-ethyl adjacent to an activating group) is 1. The quantitative estimate of drug-likeness (QED) is 0.781. The van der Waals surface area contributed by atoms with Crippen LogP contribution in [0.2, 0.25) is 0 Å². The summed E-state index contributed by atoms with van der Waals surface area (Å²) in [5.74, 6) is 0. The van der Waals surface area contributed by atoms with E-state index in [1.807, 2.05) is 20.8 Å². The van der Waals surface area contributed by atoms with E-state index in [9.17, 15) is 8.42 Å². The number of hydrogen-bond donors (Lipinski definition) is 0. The number of rotatable bonds is 5. The van der Waals surface area contributed by atoms with Gasteiger partial charge in [0.2, 0.25) is 10.0 Å². The fourth-order valence-electron chi connectivity index (χ4n) is 2.10. The predicted octanol–water partition coefficient (Wildman–Crippen LogP) is 2.41. The van der Waals surface area contributed by atoms with Crippen LogP contribution in [0, 0.1) is 5.41 Å². The zero-order chi connectivity index (χ0) is 15.6. The minimum atomic E-state index is -3.17. The van der Waals surface area contributed by atoms with E-state index in [1.54, 1.807) is 4.31 Å². The van der Waals surface area contributed by atoms with Crippen molar-refractivity contribution in [1.82, 2.24) is 9.21 Å². The maximum absolute atomic E-state index is 11.9. The fourth-order valence-corrected chi connectivity index (χ4v) is 3.51. The van der Waals surface area contributed by atoms with Gasteiger partial charge in [-0.2, -0.15) is 4.31 Å². The molecule has 0 aliphatic carbocycles. The lowest BCUT2D eigenvalue weighted by molar-refractivity contribution is 0.124. The van der Waals surface area contributed by atoms with Gasteiger partial charge in [-0.05, 0) is 40.2 Å². The first-order chi connectivity index (χ1) is 8.17. The molecule has 0 bridgehead atoms. The first kappa shape index (κ1) is 18.9. The molecule has 0 saturated carbocycles. The van der Waals surface area contributed by atoms with Crippen LogP contribution in [0.4, 0.5) is 0 Å². The highest BCUT2D eigenvalue weighted by Crippen LogP contribution is 2.23. The van der Waals surface area contributed by atoms with Crippen LogP contribution < -0.4 is 0 Å². The van der Waals surface area contributed by atoms with Gasteiger partial charge < -0.3 is 4.90 Å². The van der Waals surface area contributed by atoms with Crippen LogP contribution in [0.3, 0.4) is 0 Å². The molecule has 4 nitrogen and oxygen atoms in total. The second-order valence-electron chi connectivity index (χ2n) is 7.53. The van der Waals surface area contributed by atoms with Gasteiger partial charge in [-0.3, -0.25) is 0 Å². The minimum Gasteiger partial charge on any atom is -0.302 e. The normalized spacial score (nSPS) is 16.2. The van der Waals surface area contributed by atoms with Crippen molar-refractivity contribution in [3.8, 4) is 0 Å². The predicted molar refractivity (Wildman–Crippen MR) is 82.8 cm³/mol. The largest absolute Gasteiger partial charge is 0.302 e. The van der Waals surface area contributed by atoms with Gasteiger partial charge in [0.15, 0.2) is 0 Å². The molecular weight excluding hydrogens is 260 g/mol. The molecule has 0 aromatic carbocycles. The first-order valence-electron chi connectivity index (χ1n) is 6.85. The summed E-state index contributed by atoms with van der Waals surface area (Å²) in [7, 11) is -1.12. The second kappa shape index (κ2) is 6.10. The fraction of sp³-hybridized carbons (Fsp3) is 1.00. The lowest BCUT2D eigenvalue weighted by Gasteiger charge is -2.38. The van der Waals surface area contributed by atoms with E-state index in [0.29, 0.717) is 12.6 Å². The van der Waals surface area contributed by atoms with Crippen molar-refractivity contribution in [1.29, 1.82) is 0 Å².